The lowest BCUT2D eigenvalue weighted by molar-refractivity contribution is -0.118. The van der Waals surface area contributed by atoms with Crippen LogP contribution in [0.15, 0.2) is 54.6 Å². The molecule has 2 nitrogen and oxygen atoms in total. The van der Waals surface area contributed by atoms with Crippen molar-refractivity contribution in [2.75, 3.05) is 5.73 Å². The van der Waals surface area contributed by atoms with Crippen LogP contribution in [0.25, 0.3) is 0 Å². The molecule has 0 fully saturated rings. The van der Waals surface area contributed by atoms with E-state index in [4.69, 9.17) is 5.73 Å². The number of nitrogens with two attached hydrogens (primary N) is 1. The van der Waals surface area contributed by atoms with Crippen molar-refractivity contribution >= 4 is 11.5 Å². The van der Waals surface area contributed by atoms with E-state index in [0.29, 0.717) is 12.8 Å². The molecule has 0 aliphatic rings. The van der Waals surface area contributed by atoms with Gasteiger partial charge in [-0.15, -0.1) is 0 Å². The molecule has 2 rings (SSSR count). The second-order valence-electron chi connectivity index (χ2n) is 4.97. The highest BCUT2D eigenvalue weighted by atomic mass is 16.1. The first-order valence-electron chi connectivity index (χ1n) is 6.56. The van der Waals surface area contributed by atoms with Gasteiger partial charge in [-0.05, 0) is 29.2 Å². The fourth-order valence-corrected chi connectivity index (χ4v) is 2.18. The molecule has 2 N–H and O–H groups in total. The molecule has 0 amide bonds. The Hall–Kier alpha value is -2.09. The van der Waals surface area contributed by atoms with Gasteiger partial charge in [0, 0.05) is 18.5 Å². The zero-order valence-corrected chi connectivity index (χ0v) is 11.2. The summed E-state index contributed by atoms with van der Waals surface area (Å²) in [6.07, 6.45) is 1.08. The van der Waals surface area contributed by atoms with E-state index < -0.39 is 0 Å². The van der Waals surface area contributed by atoms with Gasteiger partial charge >= 0.3 is 0 Å². The third kappa shape index (κ3) is 3.95. The van der Waals surface area contributed by atoms with Gasteiger partial charge in [0.2, 0.25) is 0 Å². The van der Waals surface area contributed by atoms with E-state index in [1.54, 1.807) is 0 Å². The van der Waals surface area contributed by atoms with Crippen LogP contribution in [0.1, 0.15) is 30.4 Å². The third-order valence-electron chi connectivity index (χ3n) is 3.28. The summed E-state index contributed by atoms with van der Waals surface area (Å²) in [5.41, 5.74) is 8.66. The molecular weight excluding hydrogens is 234 g/mol. The summed E-state index contributed by atoms with van der Waals surface area (Å²) in [7, 11) is 0. The predicted molar refractivity (Wildman–Crippen MR) is 79.0 cm³/mol. The van der Waals surface area contributed by atoms with E-state index in [-0.39, 0.29) is 11.7 Å². The first-order valence-corrected chi connectivity index (χ1v) is 6.56. The minimum Gasteiger partial charge on any atom is -0.399 e. The summed E-state index contributed by atoms with van der Waals surface area (Å²) in [5.74, 6) is 0.507. The standard InChI is InChI=1S/C17H19NO/c1-13(15-7-9-16(18)10-8-15)11-17(19)12-14-5-3-2-4-6-14/h2-10,13H,11-12,18H2,1H3. The average Bonchev–Trinajstić information content (AvgIpc) is 2.40. The number of benzene rings is 2. The number of rotatable bonds is 5. The smallest absolute Gasteiger partial charge is 0.137 e. The maximum absolute atomic E-state index is 12.0. The number of Topliss-reactive ketones (excluding diaryl/α,β-unsaturated/α-hetero) is 1. The molecule has 2 aromatic rings. The second-order valence-corrected chi connectivity index (χ2v) is 4.97. The minimum atomic E-state index is 0.233. The lowest BCUT2D eigenvalue weighted by atomic mass is 9.93. The van der Waals surface area contributed by atoms with Crippen molar-refractivity contribution in [2.24, 2.45) is 0 Å². The highest BCUT2D eigenvalue weighted by Crippen LogP contribution is 2.21. The van der Waals surface area contributed by atoms with Crippen LogP contribution in [0.3, 0.4) is 0 Å². The van der Waals surface area contributed by atoms with Crippen molar-refractivity contribution in [3.63, 3.8) is 0 Å². The van der Waals surface area contributed by atoms with Crippen molar-refractivity contribution in [3.8, 4) is 0 Å². The lowest BCUT2D eigenvalue weighted by Crippen LogP contribution is -2.07. The topological polar surface area (TPSA) is 43.1 Å². The molecule has 98 valence electrons. The Labute approximate surface area is 114 Å². The zero-order valence-electron chi connectivity index (χ0n) is 11.2. The van der Waals surface area contributed by atoms with Crippen molar-refractivity contribution in [2.45, 2.75) is 25.7 Å². The molecule has 19 heavy (non-hydrogen) atoms. The van der Waals surface area contributed by atoms with Gasteiger partial charge < -0.3 is 5.73 Å². The number of carbonyl (C=O) groups excluding carboxylic acids is 1. The SMILES string of the molecule is CC(CC(=O)Cc1ccccc1)c1ccc(N)cc1. The fraction of sp³-hybridized carbons (Fsp3) is 0.235. The molecule has 0 spiro atoms. The van der Waals surface area contributed by atoms with E-state index in [1.807, 2.05) is 54.6 Å². The number of ketones is 1. The quantitative estimate of drug-likeness (QED) is 0.828. The van der Waals surface area contributed by atoms with Crippen LogP contribution in [0, 0.1) is 0 Å². The molecule has 1 unspecified atom stereocenters. The summed E-state index contributed by atoms with van der Waals surface area (Å²) < 4.78 is 0. The number of carbonyl (C=O) groups is 1. The number of nitrogen functional groups attached to an aromatic ring is 1. The molecule has 0 bridgehead atoms. The van der Waals surface area contributed by atoms with Crippen LogP contribution in [0.4, 0.5) is 5.69 Å². The Kier molecular flexibility index (Phi) is 4.35. The van der Waals surface area contributed by atoms with Gasteiger partial charge in [-0.3, -0.25) is 4.79 Å². The molecule has 0 aliphatic carbocycles. The second kappa shape index (κ2) is 6.19. The monoisotopic (exact) mass is 253 g/mol. The largest absolute Gasteiger partial charge is 0.399 e. The van der Waals surface area contributed by atoms with Crippen LogP contribution >= 0.6 is 0 Å². The van der Waals surface area contributed by atoms with Crippen LogP contribution in [-0.2, 0) is 11.2 Å². The molecule has 0 aromatic heterocycles. The lowest BCUT2D eigenvalue weighted by Gasteiger charge is -2.11. The first kappa shape index (κ1) is 13.3. The highest BCUT2D eigenvalue weighted by molar-refractivity contribution is 5.81. The van der Waals surface area contributed by atoms with Gasteiger partial charge in [0.05, 0.1) is 0 Å². The Morgan fingerprint density at radius 3 is 2.32 bits per heavy atom. The van der Waals surface area contributed by atoms with Crippen LogP contribution in [0.2, 0.25) is 0 Å². The van der Waals surface area contributed by atoms with E-state index in [2.05, 4.69) is 6.92 Å². The van der Waals surface area contributed by atoms with Gasteiger partial charge in [0.15, 0.2) is 0 Å². The Balaban J connectivity index is 1.93. The molecule has 0 heterocycles. The van der Waals surface area contributed by atoms with Crippen molar-refractivity contribution in [3.05, 3.63) is 65.7 Å². The molecule has 0 radical (unpaired) electrons. The van der Waals surface area contributed by atoms with E-state index in [0.717, 1.165) is 16.8 Å². The van der Waals surface area contributed by atoms with Gasteiger partial charge in [0.25, 0.3) is 0 Å². The van der Waals surface area contributed by atoms with E-state index >= 15 is 0 Å². The van der Waals surface area contributed by atoms with Crippen molar-refractivity contribution in [1.82, 2.24) is 0 Å². The van der Waals surface area contributed by atoms with Crippen molar-refractivity contribution < 1.29 is 4.79 Å². The molecule has 0 aliphatic heterocycles. The summed E-state index contributed by atoms with van der Waals surface area (Å²) in [6, 6.07) is 17.6. The molecule has 0 saturated heterocycles. The number of anilines is 1. The van der Waals surface area contributed by atoms with Crippen LogP contribution in [-0.4, -0.2) is 5.78 Å². The predicted octanol–water partition coefficient (Wildman–Crippen LogP) is 3.57. The van der Waals surface area contributed by atoms with Gasteiger partial charge in [-0.2, -0.15) is 0 Å². The number of hydrogen-bond donors (Lipinski definition) is 1. The minimum absolute atomic E-state index is 0.233. The molecule has 1 atom stereocenters. The molecular formula is C17H19NO. The maximum Gasteiger partial charge on any atom is 0.137 e. The van der Waals surface area contributed by atoms with Gasteiger partial charge in [-0.1, -0.05) is 49.4 Å². The average molecular weight is 253 g/mol. The third-order valence-corrected chi connectivity index (χ3v) is 3.28. The molecule has 0 saturated carbocycles. The summed E-state index contributed by atoms with van der Waals surface area (Å²) in [4.78, 5) is 12.0. The van der Waals surface area contributed by atoms with Crippen LogP contribution < -0.4 is 5.73 Å². The maximum atomic E-state index is 12.0. The summed E-state index contributed by atoms with van der Waals surface area (Å²) >= 11 is 0. The zero-order chi connectivity index (χ0) is 13.7. The first-order chi connectivity index (χ1) is 9.15. The normalized spacial score (nSPS) is 12.1. The van der Waals surface area contributed by atoms with E-state index in [1.165, 1.54) is 0 Å². The Bertz CT molecular complexity index is 531. The number of hydrogen-bond acceptors (Lipinski definition) is 2. The Morgan fingerprint density at radius 2 is 1.68 bits per heavy atom. The van der Waals surface area contributed by atoms with E-state index in [9.17, 15) is 4.79 Å². The molecule has 2 aromatic carbocycles. The fourth-order valence-electron chi connectivity index (χ4n) is 2.18. The molecule has 2 heteroatoms. The summed E-state index contributed by atoms with van der Waals surface area (Å²) in [6.45, 7) is 2.08. The Morgan fingerprint density at radius 1 is 1.05 bits per heavy atom. The van der Waals surface area contributed by atoms with Crippen LogP contribution in [0.5, 0.6) is 0 Å². The van der Waals surface area contributed by atoms with Gasteiger partial charge in [0.1, 0.15) is 5.78 Å². The van der Waals surface area contributed by atoms with Crippen molar-refractivity contribution in [1.29, 1.82) is 0 Å². The summed E-state index contributed by atoms with van der Waals surface area (Å²) in [5, 5.41) is 0. The highest BCUT2D eigenvalue weighted by Gasteiger charge is 2.11. The van der Waals surface area contributed by atoms with Gasteiger partial charge in [-0.25, -0.2) is 0 Å².